The minimum Gasteiger partial charge on any atom is -0.354 e. The van der Waals surface area contributed by atoms with Gasteiger partial charge in [-0.2, -0.15) is 0 Å². The number of rotatable bonds is 8. The summed E-state index contributed by atoms with van der Waals surface area (Å²) in [6, 6.07) is 4.25. The first-order chi connectivity index (χ1) is 12.3. The molecule has 1 N–H and O–H groups in total. The summed E-state index contributed by atoms with van der Waals surface area (Å²) in [6.07, 6.45) is 6.49. The Labute approximate surface area is 157 Å². The van der Waals surface area contributed by atoms with Crippen LogP contribution >= 0.6 is 23.1 Å². The van der Waals surface area contributed by atoms with E-state index in [-0.39, 0.29) is 11.9 Å². The molecule has 1 aliphatic rings. The Morgan fingerprint density at radius 3 is 3.00 bits per heavy atom. The van der Waals surface area contributed by atoms with Crippen molar-refractivity contribution in [2.75, 3.05) is 25.4 Å². The molecule has 1 saturated heterocycles. The lowest BCUT2D eigenvalue weighted by Crippen LogP contribution is -2.37. The number of likely N-dealkylation sites (tertiary alicyclic amines) is 1. The van der Waals surface area contributed by atoms with Crippen molar-refractivity contribution >= 4 is 29.0 Å². The fourth-order valence-corrected chi connectivity index (χ4v) is 4.82. The predicted octanol–water partition coefficient (Wildman–Crippen LogP) is 3.15. The number of thiazole rings is 1. The molecular weight excluding hydrogens is 352 g/mol. The summed E-state index contributed by atoms with van der Waals surface area (Å²) >= 11 is 3.33. The zero-order chi connectivity index (χ0) is 17.5. The Hall–Kier alpha value is -1.44. The van der Waals surface area contributed by atoms with Gasteiger partial charge in [0.2, 0.25) is 5.91 Å². The van der Waals surface area contributed by atoms with Crippen LogP contribution in [0.15, 0.2) is 34.2 Å². The first-order valence-corrected chi connectivity index (χ1v) is 10.6. The smallest absolute Gasteiger partial charge is 0.226 e. The van der Waals surface area contributed by atoms with E-state index < -0.39 is 0 Å². The van der Waals surface area contributed by atoms with E-state index in [9.17, 15) is 4.79 Å². The Kier molecular flexibility index (Phi) is 6.84. The van der Waals surface area contributed by atoms with E-state index in [1.807, 2.05) is 17.6 Å². The van der Waals surface area contributed by atoms with E-state index in [1.165, 1.54) is 18.4 Å². The van der Waals surface area contributed by atoms with Crippen LogP contribution in [0.3, 0.4) is 0 Å². The van der Waals surface area contributed by atoms with Crippen molar-refractivity contribution in [2.45, 2.75) is 36.6 Å². The molecular formula is C18H24N4OS2. The quantitative estimate of drug-likeness (QED) is 0.717. The molecule has 3 heterocycles. The summed E-state index contributed by atoms with van der Waals surface area (Å²) in [7, 11) is 0. The van der Waals surface area contributed by atoms with Gasteiger partial charge in [-0.15, -0.1) is 11.3 Å². The number of carbonyl (C=O) groups excluding carboxylic acids is 1. The Balaban J connectivity index is 1.57. The van der Waals surface area contributed by atoms with Crippen molar-refractivity contribution < 1.29 is 4.79 Å². The third-order valence-electron chi connectivity index (χ3n) is 4.28. The fourth-order valence-electron chi connectivity index (χ4n) is 3.08. The van der Waals surface area contributed by atoms with Crippen molar-refractivity contribution in [3.63, 3.8) is 0 Å². The molecule has 1 aliphatic heterocycles. The highest BCUT2D eigenvalue weighted by Gasteiger charge is 2.24. The van der Waals surface area contributed by atoms with E-state index in [0.29, 0.717) is 13.0 Å². The Morgan fingerprint density at radius 1 is 1.44 bits per heavy atom. The number of amides is 1. The van der Waals surface area contributed by atoms with Gasteiger partial charge in [0.05, 0.1) is 18.2 Å². The lowest BCUT2D eigenvalue weighted by atomic mass is 10.1. The first kappa shape index (κ1) is 18.4. The van der Waals surface area contributed by atoms with Gasteiger partial charge in [-0.3, -0.25) is 14.7 Å². The van der Waals surface area contributed by atoms with Crippen molar-refractivity contribution in [3.8, 4) is 0 Å². The van der Waals surface area contributed by atoms with Crippen molar-refractivity contribution in [1.29, 1.82) is 0 Å². The fraction of sp³-hybridized carbons (Fsp3) is 0.500. The van der Waals surface area contributed by atoms with E-state index in [1.54, 1.807) is 29.3 Å². The number of nitrogens with one attached hydrogen (secondary N) is 1. The average Bonchev–Trinajstić information content (AvgIpc) is 3.29. The summed E-state index contributed by atoms with van der Waals surface area (Å²) < 4.78 is 1.04. The summed E-state index contributed by atoms with van der Waals surface area (Å²) in [4.78, 5) is 23.5. The van der Waals surface area contributed by atoms with Gasteiger partial charge in [-0.25, -0.2) is 4.98 Å². The summed E-state index contributed by atoms with van der Waals surface area (Å²) in [5.41, 5.74) is 2.03. The van der Waals surface area contributed by atoms with Gasteiger partial charge >= 0.3 is 0 Å². The topological polar surface area (TPSA) is 58.1 Å². The molecule has 1 atom stereocenters. The largest absolute Gasteiger partial charge is 0.354 e. The highest BCUT2D eigenvalue weighted by Crippen LogP contribution is 2.24. The summed E-state index contributed by atoms with van der Waals surface area (Å²) in [5.74, 6) is 1.04. The molecule has 25 heavy (non-hydrogen) atoms. The van der Waals surface area contributed by atoms with E-state index in [2.05, 4.69) is 33.2 Å². The van der Waals surface area contributed by atoms with Crippen LogP contribution in [0, 0.1) is 0 Å². The van der Waals surface area contributed by atoms with Gasteiger partial charge in [-0.1, -0.05) is 24.8 Å². The first-order valence-electron chi connectivity index (χ1n) is 8.74. The van der Waals surface area contributed by atoms with Crippen LogP contribution in [-0.2, 0) is 11.2 Å². The number of carbonyl (C=O) groups is 1. The molecule has 0 radical (unpaired) electrons. The van der Waals surface area contributed by atoms with Gasteiger partial charge in [0.15, 0.2) is 0 Å². The van der Waals surface area contributed by atoms with Gasteiger partial charge in [0.25, 0.3) is 0 Å². The van der Waals surface area contributed by atoms with E-state index in [0.717, 1.165) is 28.9 Å². The molecule has 0 unspecified atom stereocenters. The molecule has 5 nitrogen and oxygen atoms in total. The van der Waals surface area contributed by atoms with Crippen LogP contribution in [0.2, 0.25) is 0 Å². The standard InChI is InChI=1S/C18H24N4OS2/c1-2-24-18-21-15(13-25-18)10-17(23)20-12-16(22-8-3-4-9-22)14-6-5-7-19-11-14/h5-7,11,13,16H,2-4,8-10,12H2,1H3,(H,20,23)/t16-/m1/s1. The Bertz CT molecular complexity index is 671. The average molecular weight is 377 g/mol. The molecule has 0 aliphatic carbocycles. The highest BCUT2D eigenvalue weighted by molar-refractivity contribution is 8.00. The normalized spacial score (nSPS) is 16.0. The second-order valence-corrected chi connectivity index (χ2v) is 8.43. The number of nitrogens with zero attached hydrogens (tertiary/aromatic N) is 3. The van der Waals surface area contributed by atoms with Crippen molar-refractivity contribution in [3.05, 3.63) is 41.2 Å². The van der Waals surface area contributed by atoms with E-state index in [4.69, 9.17) is 0 Å². The van der Waals surface area contributed by atoms with Crippen molar-refractivity contribution in [1.82, 2.24) is 20.2 Å². The Morgan fingerprint density at radius 2 is 2.28 bits per heavy atom. The third kappa shape index (κ3) is 5.26. The molecule has 1 fully saturated rings. The number of hydrogen-bond donors (Lipinski definition) is 1. The maximum absolute atomic E-state index is 12.3. The molecule has 2 aromatic rings. The zero-order valence-electron chi connectivity index (χ0n) is 14.5. The minimum atomic E-state index is 0.0337. The monoisotopic (exact) mass is 376 g/mol. The molecule has 7 heteroatoms. The summed E-state index contributed by atoms with van der Waals surface area (Å²) in [5, 5.41) is 5.08. The SMILES string of the molecule is CCSc1nc(CC(=O)NC[C@H](c2cccnc2)N2CCCC2)cs1. The van der Waals surface area contributed by atoms with Crippen LogP contribution in [0.5, 0.6) is 0 Å². The van der Waals surface area contributed by atoms with Gasteiger partial charge in [0, 0.05) is 24.3 Å². The second-order valence-electron chi connectivity index (χ2n) is 6.06. The number of aromatic nitrogens is 2. The minimum absolute atomic E-state index is 0.0337. The molecule has 2 aromatic heterocycles. The van der Waals surface area contributed by atoms with E-state index >= 15 is 0 Å². The van der Waals surface area contributed by atoms with Gasteiger partial charge in [0.1, 0.15) is 4.34 Å². The number of thioether (sulfide) groups is 1. The van der Waals surface area contributed by atoms with Gasteiger partial charge < -0.3 is 5.32 Å². The van der Waals surface area contributed by atoms with Crippen molar-refractivity contribution in [2.24, 2.45) is 0 Å². The van der Waals surface area contributed by atoms with Crippen LogP contribution < -0.4 is 5.32 Å². The van der Waals surface area contributed by atoms with Crippen LogP contribution in [0.1, 0.15) is 37.1 Å². The molecule has 0 aromatic carbocycles. The lowest BCUT2D eigenvalue weighted by molar-refractivity contribution is -0.120. The second kappa shape index (κ2) is 9.31. The van der Waals surface area contributed by atoms with Gasteiger partial charge in [-0.05, 0) is 43.3 Å². The maximum Gasteiger partial charge on any atom is 0.226 e. The molecule has 134 valence electrons. The molecule has 0 saturated carbocycles. The molecule has 0 bridgehead atoms. The molecule has 1 amide bonds. The van der Waals surface area contributed by atoms with Crippen LogP contribution in [0.25, 0.3) is 0 Å². The molecule has 3 rings (SSSR count). The summed E-state index contributed by atoms with van der Waals surface area (Å²) in [6.45, 7) is 4.89. The lowest BCUT2D eigenvalue weighted by Gasteiger charge is -2.27. The maximum atomic E-state index is 12.3. The number of hydrogen-bond acceptors (Lipinski definition) is 6. The predicted molar refractivity (Wildman–Crippen MR) is 103 cm³/mol. The van der Waals surface area contributed by atoms with Crippen LogP contribution in [0.4, 0.5) is 0 Å². The molecule has 0 spiro atoms. The highest BCUT2D eigenvalue weighted by atomic mass is 32.2. The number of pyridine rings is 1. The van der Waals surface area contributed by atoms with Crippen LogP contribution in [-0.4, -0.2) is 46.2 Å². The third-order valence-corrected chi connectivity index (χ3v) is 6.24. The zero-order valence-corrected chi connectivity index (χ0v) is 16.1.